The number of hydrogen-bond acceptors (Lipinski definition) is 6. The average Bonchev–Trinajstić information content (AvgIpc) is 3.42. The molecule has 1 aliphatic heterocycles. The summed E-state index contributed by atoms with van der Waals surface area (Å²) in [6.45, 7) is 4.02. The number of nitrogens with one attached hydrogen (secondary N) is 1. The lowest BCUT2D eigenvalue weighted by molar-refractivity contribution is -0.116. The van der Waals surface area contributed by atoms with Gasteiger partial charge in [0.2, 0.25) is 5.91 Å². The Morgan fingerprint density at radius 3 is 2.67 bits per heavy atom. The lowest BCUT2D eigenvalue weighted by Gasteiger charge is -2.26. The van der Waals surface area contributed by atoms with Crippen molar-refractivity contribution in [3.05, 3.63) is 94.7 Å². The highest BCUT2D eigenvalue weighted by atomic mass is 19.1. The molecule has 0 aliphatic carbocycles. The fourth-order valence-electron chi connectivity index (χ4n) is 4.62. The molecule has 0 saturated heterocycles. The maximum atomic E-state index is 13.3. The van der Waals surface area contributed by atoms with E-state index in [9.17, 15) is 9.18 Å². The molecule has 10 heteroatoms. The molecule has 0 spiro atoms. The molecular formula is C26H22FN7O2. The number of carbonyl (C=O) groups is 1. The number of benzene rings is 2. The third-order valence-corrected chi connectivity index (χ3v) is 6.33. The summed E-state index contributed by atoms with van der Waals surface area (Å²) in [4.78, 5) is 12.9. The third kappa shape index (κ3) is 3.76. The largest absolute Gasteiger partial charge is 0.489 e. The zero-order valence-corrected chi connectivity index (χ0v) is 19.6. The zero-order chi connectivity index (χ0) is 24.8. The Morgan fingerprint density at radius 2 is 1.83 bits per heavy atom. The van der Waals surface area contributed by atoms with Gasteiger partial charge in [-0.3, -0.25) is 4.79 Å². The maximum absolute atomic E-state index is 13.3. The lowest BCUT2D eigenvalue weighted by atomic mass is 9.85. The molecule has 180 valence electrons. The molecule has 3 aromatic heterocycles. The number of para-hydroxylation sites is 1. The van der Waals surface area contributed by atoms with Crippen molar-refractivity contribution in [2.45, 2.75) is 32.8 Å². The molecule has 2 aromatic carbocycles. The summed E-state index contributed by atoms with van der Waals surface area (Å²) < 4.78 is 22.7. The first kappa shape index (κ1) is 21.9. The Kier molecular flexibility index (Phi) is 5.21. The molecular weight excluding hydrogens is 461 g/mol. The SMILES string of the molecule is Cc1nn(-c2ccc3nnc(C)n3n2)c2c1C(c1ccccc1OCc1ccc(F)cc1)CC(=O)N2. The molecule has 1 amide bonds. The van der Waals surface area contributed by atoms with Gasteiger partial charge in [0.1, 0.15) is 24.0 Å². The lowest BCUT2D eigenvalue weighted by Crippen LogP contribution is -2.25. The van der Waals surface area contributed by atoms with E-state index < -0.39 is 0 Å². The molecule has 1 N–H and O–H groups in total. The van der Waals surface area contributed by atoms with E-state index in [1.165, 1.54) is 12.1 Å². The van der Waals surface area contributed by atoms with Gasteiger partial charge in [0.05, 0.1) is 5.69 Å². The van der Waals surface area contributed by atoms with Crippen LogP contribution in [0, 0.1) is 19.7 Å². The van der Waals surface area contributed by atoms with Crippen molar-refractivity contribution >= 4 is 17.4 Å². The highest BCUT2D eigenvalue weighted by molar-refractivity contribution is 5.95. The van der Waals surface area contributed by atoms with Crippen LogP contribution < -0.4 is 10.1 Å². The van der Waals surface area contributed by atoms with E-state index in [4.69, 9.17) is 9.84 Å². The van der Waals surface area contributed by atoms with Gasteiger partial charge in [-0.05, 0) is 49.7 Å². The van der Waals surface area contributed by atoms with Gasteiger partial charge in [-0.2, -0.15) is 14.3 Å². The predicted octanol–water partition coefficient (Wildman–Crippen LogP) is 4.12. The summed E-state index contributed by atoms with van der Waals surface area (Å²) in [5.41, 5.74) is 4.06. The number of carbonyl (C=O) groups excluding carboxylic acids is 1. The second kappa shape index (κ2) is 8.56. The summed E-state index contributed by atoms with van der Waals surface area (Å²) >= 11 is 0. The monoisotopic (exact) mass is 483 g/mol. The first-order valence-electron chi connectivity index (χ1n) is 11.5. The summed E-state index contributed by atoms with van der Waals surface area (Å²) in [5.74, 6) is 1.77. The second-order valence-electron chi connectivity index (χ2n) is 8.73. The molecule has 1 unspecified atom stereocenters. The first-order valence-corrected chi connectivity index (χ1v) is 11.5. The van der Waals surface area contributed by atoms with Crippen molar-refractivity contribution in [2.24, 2.45) is 0 Å². The fraction of sp³-hybridized carbons (Fsp3) is 0.192. The number of amides is 1. The molecule has 36 heavy (non-hydrogen) atoms. The minimum atomic E-state index is -0.291. The molecule has 1 atom stereocenters. The number of rotatable bonds is 5. The second-order valence-corrected chi connectivity index (χ2v) is 8.73. The van der Waals surface area contributed by atoms with Gasteiger partial charge in [0, 0.05) is 23.5 Å². The highest BCUT2D eigenvalue weighted by Crippen LogP contribution is 2.43. The van der Waals surface area contributed by atoms with Gasteiger partial charge in [0.15, 0.2) is 17.3 Å². The Hall–Kier alpha value is -4.60. The number of ether oxygens (including phenoxy) is 1. The van der Waals surface area contributed by atoms with Crippen LogP contribution in [0.4, 0.5) is 10.2 Å². The van der Waals surface area contributed by atoms with Gasteiger partial charge < -0.3 is 10.1 Å². The fourth-order valence-corrected chi connectivity index (χ4v) is 4.62. The molecule has 1 aliphatic rings. The van der Waals surface area contributed by atoms with Crippen LogP contribution in [-0.2, 0) is 11.4 Å². The van der Waals surface area contributed by atoms with E-state index in [2.05, 4.69) is 20.6 Å². The molecule has 0 fully saturated rings. The van der Waals surface area contributed by atoms with Crippen molar-refractivity contribution in [3.63, 3.8) is 0 Å². The van der Waals surface area contributed by atoms with Crippen LogP contribution in [0.1, 0.15) is 40.5 Å². The van der Waals surface area contributed by atoms with E-state index in [-0.39, 0.29) is 30.7 Å². The number of nitrogens with zero attached hydrogens (tertiary/aromatic N) is 6. The Balaban J connectivity index is 1.39. The average molecular weight is 484 g/mol. The Bertz CT molecular complexity index is 1610. The van der Waals surface area contributed by atoms with Crippen LogP contribution in [0.15, 0.2) is 60.7 Å². The van der Waals surface area contributed by atoms with Gasteiger partial charge in [-0.25, -0.2) is 4.39 Å². The number of fused-ring (bicyclic) bond motifs is 2. The van der Waals surface area contributed by atoms with Crippen LogP contribution in [0.3, 0.4) is 0 Å². The number of halogens is 1. The summed E-state index contributed by atoms with van der Waals surface area (Å²) in [6, 6.07) is 17.5. The number of hydrogen-bond donors (Lipinski definition) is 1. The van der Waals surface area contributed by atoms with E-state index in [0.29, 0.717) is 28.9 Å². The molecule has 0 radical (unpaired) electrons. The molecule has 0 bridgehead atoms. The standard InChI is InChI=1S/C26H22FN7O2/c1-15-25-20(19-5-3-4-6-21(19)36-14-17-7-9-18(27)10-8-17)13-24(35)28-26(25)34(31-15)23-12-11-22-30-29-16(2)33(22)32-23/h3-12,20H,13-14H2,1-2H3,(H,28,35). The molecule has 9 nitrogen and oxygen atoms in total. The van der Waals surface area contributed by atoms with Crippen molar-refractivity contribution in [1.82, 2.24) is 29.6 Å². The summed E-state index contributed by atoms with van der Waals surface area (Å²) in [6.07, 6.45) is 0.257. The Morgan fingerprint density at radius 1 is 1.03 bits per heavy atom. The van der Waals surface area contributed by atoms with Crippen LogP contribution in [0.5, 0.6) is 5.75 Å². The summed E-state index contributed by atoms with van der Waals surface area (Å²) in [7, 11) is 0. The summed E-state index contributed by atoms with van der Waals surface area (Å²) in [5, 5.41) is 20.5. The number of anilines is 1. The van der Waals surface area contributed by atoms with Crippen molar-refractivity contribution in [1.29, 1.82) is 0 Å². The third-order valence-electron chi connectivity index (χ3n) is 6.33. The van der Waals surface area contributed by atoms with Crippen LogP contribution in [-0.4, -0.2) is 35.5 Å². The smallest absolute Gasteiger partial charge is 0.226 e. The van der Waals surface area contributed by atoms with Crippen molar-refractivity contribution < 1.29 is 13.9 Å². The normalized spacial score (nSPS) is 15.1. The van der Waals surface area contributed by atoms with E-state index >= 15 is 0 Å². The van der Waals surface area contributed by atoms with Crippen LogP contribution in [0.2, 0.25) is 0 Å². The van der Waals surface area contributed by atoms with Crippen LogP contribution in [0.25, 0.3) is 11.5 Å². The van der Waals surface area contributed by atoms with Crippen LogP contribution >= 0.6 is 0 Å². The van der Waals surface area contributed by atoms with Crippen molar-refractivity contribution in [2.75, 3.05) is 5.32 Å². The number of aromatic nitrogens is 6. The minimum Gasteiger partial charge on any atom is -0.489 e. The quantitative estimate of drug-likeness (QED) is 0.404. The van der Waals surface area contributed by atoms with E-state index in [0.717, 1.165) is 22.4 Å². The van der Waals surface area contributed by atoms with Gasteiger partial charge >= 0.3 is 0 Å². The highest BCUT2D eigenvalue weighted by Gasteiger charge is 2.34. The number of aryl methyl sites for hydroxylation is 2. The predicted molar refractivity (Wildman–Crippen MR) is 130 cm³/mol. The zero-order valence-electron chi connectivity index (χ0n) is 19.6. The Labute approximate surface area is 205 Å². The molecule has 0 saturated carbocycles. The maximum Gasteiger partial charge on any atom is 0.226 e. The first-order chi connectivity index (χ1) is 17.5. The van der Waals surface area contributed by atoms with Gasteiger partial charge in [0.25, 0.3) is 0 Å². The minimum absolute atomic E-state index is 0.122. The van der Waals surface area contributed by atoms with E-state index in [1.54, 1.807) is 27.4 Å². The van der Waals surface area contributed by atoms with Gasteiger partial charge in [-0.1, -0.05) is 30.3 Å². The molecule has 5 aromatic rings. The van der Waals surface area contributed by atoms with Gasteiger partial charge in [-0.15, -0.1) is 15.3 Å². The molecule has 4 heterocycles. The van der Waals surface area contributed by atoms with Crippen molar-refractivity contribution in [3.8, 4) is 11.6 Å². The van der Waals surface area contributed by atoms with E-state index in [1.807, 2.05) is 44.2 Å². The molecule has 6 rings (SSSR count). The topological polar surface area (TPSA) is 99.2 Å².